The molecule has 1 aromatic heterocycles. The lowest BCUT2D eigenvalue weighted by Gasteiger charge is -2.36. The number of hydrogen-bond donors (Lipinski definition) is 1. The second-order valence-corrected chi connectivity index (χ2v) is 8.93. The fraction of sp³-hybridized carbons (Fsp3) is 0.280. The van der Waals surface area contributed by atoms with Crippen molar-refractivity contribution < 1.29 is 9.59 Å². The molecule has 1 aliphatic heterocycles. The van der Waals surface area contributed by atoms with Crippen molar-refractivity contribution in [2.75, 3.05) is 36.4 Å². The van der Waals surface area contributed by atoms with Gasteiger partial charge in [-0.15, -0.1) is 11.3 Å². The van der Waals surface area contributed by atoms with Crippen LogP contribution in [0.4, 0.5) is 10.7 Å². The lowest BCUT2D eigenvalue weighted by atomic mass is 10.0. The van der Waals surface area contributed by atoms with E-state index in [9.17, 15) is 9.59 Å². The van der Waals surface area contributed by atoms with Gasteiger partial charge in [0.05, 0.1) is 5.56 Å². The molecule has 4 rings (SSSR count). The highest BCUT2D eigenvalue weighted by Crippen LogP contribution is 2.26. The van der Waals surface area contributed by atoms with Gasteiger partial charge in [-0.1, -0.05) is 44.2 Å². The zero-order valence-electron chi connectivity index (χ0n) is 17.9. The summed E-state index contributed by atoms with van der Waals surface area (Å²) in [6.07, 6.45) is 0. The van der Waals surface area contributed by atoms with Crippen LogP contribution in [0.3, 0.4) is 0 Å². The largest absolute Gasteiger partial charge is 0.368 e. The van der Waals surface area contributed by atoms with Crippen LogP contribution >= 0.6 is 11.3 Å². The lowest BCUT2D eigenvalue weighted by Crippen LogP contribution is -2.48. The fourth-order valence-corrected chi connectivity index (χ4v) is 4.52. The van der Waals surface area contributed by atoms with E-state index in [4.69, 9.17) is 0 Å². The van der Waals surface area contributed by atoms with E-state index < -0.39 is 0 Å². The first-order valence-electron chi connectivity index (χ1n) is 10.6. The fourth-order valence-electron chi connectivity index (χ4n) is 3.75. The van der Waals surface area contributed by atoms with E-state index in [0.29, 0.717) is 35.1 Å². The minimum absolute atomic E-state index is 0.0283. The number of carbonyl (C=O) groups excluding carboxylic acids is 2. The van der Waals surface area contributed by atoms with Crippen molar-refractivity contribution in [3.05, 3.63) is 82.7 Å². The van der Waals surface area contributed by atoms with Crippen LogP contribution in [0.25, 0.3) is 0 Å². The summed E-state index contributed by atoms with van der Waals surface area (Å²) in [6, 6.07) is 19.7. The van der Waals surface area contributed by atoms with E-state index >= 15 is 0 Å². The summed E-state index contributed by atoms with van der Waals surface area (Å²) in [7, 11) is 0. The van der Waals surface area contributed by atoms with Gasteiger partial charge in [-0.3, -0.25) is 9.59 Å². The van der Waals surface area contributed by atoms with Gasteiger partial charge < -0.3 is 15.1 Å². The van der Waals surface area contributed by atoms with Crippen LogP contribution < -0.4 is 10.2 Å². The van der Waals surface area contributed by atoms with E-state index in [-0.39, 0.29) is 11.8 Å². The van der Waals surface area contributed by atoms with E-state index in [0.717, 1.165) is 13.1 Å². The summed E-state index contributed by atoms with van der Waals surface area (Å²) in [5.74, 6) is 0.195. The third-order valence-electron chi connectivity index (χ3n) is 5.65. The number of piperazine rings is 1. The van der Waals surface area contributed by atoms with Crippen LogP contribution in [0.5, 0.6) is 0 Å². The maximum Gasteiger partial charge on any atom is 0.256 e. The van der Waals surface area contributed by atoms with Crippen molar-refractivity contribution in [3.8, 4) is 0 Å². The molecule has 0 atom stereocenters. The summed E-state index contributed by atoms with van der Waals surface area (Å²) in [6.45, 7) is 7.16. The van der Waals surface area contributed by atoms with Gasteiger partial charge in [0.1, 0.15) is 5.00 Å². The molecule has 1 saturated heterocycles. The molecule has 5 nitrogen and oxygen atoms in total. The maximum atomic E-state index is 13.1. The van der Waals surface area contributed by atoms with Crippen LogP contribution in [0.15, 0.2) is 66.0 Å². The number of nitrogens with one attached hydrogen (secondary N) is 1. The van der Waals surface area contributed by atoms with Crippen LogP contribution in [-0.2, 0) is 0 Å². The molecule has 0 saturated carbocycles. The van der Waals surface area contributed by atoms with Gasteiger partial charge in [0.25, 0.3) is 11.8 Å². The third-order valence-corrected chi connectivity index (χ3v) is 6.48. The van der Waals surface area contributed by atoms with Gasteiger partial charge in [-0.2, -0.15) is 0 Å². The predicted molar refractivity (Wildman–Crippen MR) is 127 cm³/mol. The quantitative estimate of drug-likeness (QED) is 0.610. The molecule has 2 amide bonds. The van der Waals surface area contributed by atoms with E-state index in [1.807, 2.05) is 52.7 Å². The number of benzene rings is 2. The minimum Gasteiger partial charge on any atom is -0.368 e. The first-order valence-corrected chi connectivity index (χ1v) is 11.5. The third kappa shape index (κ3) is 4.80. The van der Waals surface area contributed by atoms with Crippen LogP contribution in [0, 0.1) is 0 Å². The smallest absolute Gasteiger partial charge is 0.256 e. The molecule has 2 aromatic carbocycles. The van der Waals surface area contributed by atoms with Crippen LogP contribution in [0.2, 0.25) is 0 Å². The lowest BCUT2D eigenvalue weighted by molar-refractivity contribution is 0.0748. The molecule has 160 valence electrons. The first kappa shape index (κ1) is 21.1. The van der Waals surface area contributed by atoms with Gasteiger partial charge >= 0.3 is 0 Å². The highest BCUT2D eigenvalue weighted by atomic mass is 32.1. The van der Waals surface area contributed by atoms with Gasteiger partial charge in [0.2, 0.25) is 0 Å². The monoisotopic (exact) mass is 433 g/mol. The number of carbonyl (C=O) groups is 2. The molecule has 0 unspecified atom stereocenters. The molecule has 1 aliphatic rings. The summed E-state index contributed by atoms with van der Waals surface area (Å²) in [5, 5.41) is 5.39. The van der Waals surface area contributed by atoms with Crippen molar-refractivity contribution in [2.45, 2.75) is 19.8 Å². The van der Waals surface area contributed by atoms with Gasteiger partial charge in [0, 0.05) is 37.4 Å². The minimum atomic E-state index is -0.194. The highest BCUT2D eigenvalue weighted by Gasteiger charge is 2.25. The van der Waals surface area contributed by atoms with Crippen LogP contribution in [0.1, 0.15) is 46.0 Å². The topological polar surface area (TPSA) is 52.7 Å². The van der Waals surface area contributed by atoms with Crippen molar-refractivity contribution >= 4 is 33.8 Å². The molecule has 0 radical (unpaired) electrons. The van der Waals surface area contributed by atoms with E-state index in [2.05, 4.69) is 36.2 Å². The van der Waals surface area contributed by atoms with Gasteiger partial charge in [-0.05, 0) is 47.2 Å². The van der Waals surface area contributed by atoms with Crippen LogP contribution in [-0.4, -0.2) is 42.9 Å². The second kappa shape index (κ2) is 9.35. The molecule has 1 N–H and O–H groups in total. The molecule has 31 heavy (non-hydrogen) atoms. The van der Waals surface area contributed by atoms with Crippen molar-refractivity contribution in [2.24, 2.45) is 0 Å². The maximum absolute atomic E-state index is 13.1. The molecule has 1 fully saturated rings. The van der Waals surface area contributed by atoms with E-state index in [1.54, 1.807) is 6.07 Å². The van der Waals surface area contributed by atoms with Crippen molar-refractivity contribution in [1.82, 2.24) is 4.90 Å². The van der Waals surface area contributed by atoms with Crippen molar-refractivity contribution in [1.29, 1.82) is 0 Å². The number of rotatable bonds is 5. The number of hydrogen-bond acceptors (Lipinski definition) is 4. The number of thiophene rings is 1. The summed E-state index contributed by atoms with van der Waals surface area (Å²) >= 11 is 1.38. The Bertz CT molecular complexity index is 1040. The Kier molecular flexibility index (Phi) is 6.37. The van der Waals surface area contributed by atoms with E-state index in [1.165, 1.54) is 22.6 Å². The molecular formula is C25H27N3O2S. The molecule has 3 aromatic rings. The zero-order valence-corrected chi connectivity index (χ0v) is 18.7. The number of amides is 2. The Balaban J connectivity index is 1.40. The Morgan fingerprint density at radius 1 is 0.903 bits per heavy atom. The van der Waals surface area contributed by atoms with Gasteiger partial charge in [-0.25, -0.2) is 0 Å². The Morgan fingerprint density at radius 2 is 1.58 bits per heavy atom. The average molecular weight is 434 g/mol. The van der Waals surface area contributed by atoms with Gasteiger partial charge in [0.15, 0.2) is 0 Å². The SMILES string of the molecule is CC(C)c1ccc(C(=O)Nc2sccc2C(=O)N2CCN(c3ccccc3)CC2)cc1. The highest BCUT2D eigenvalue weighted by molar-refractivity contribution is 7.14. The molecule has 0 bridgehead atoms. The molecule has 6 heteroatoms. The average Bonchev–Trinajstić information content (AvgIpc) is 3.27. The summed E-state index contributed by atoms with van der Waals surface area (Å²) in [5.41, 5.74) is 3.53. The number of anilines is 2. The second-order valence-electron chi connectivity index (χ2n) is 8.01. The zero-order chi connectivity index (χ0) is 21.8. The number of nitrogens with zero attached hydrogens (tertiary/aromatic N) is 2. The number of para-hydroxylation sites is 1. The Morgan fingerprint density at radius 3 is 2.23 bits per heavy atom. The normalized spacial score (nSPS) is 14.0. The first-order chi connectivity index (χ1) is 15.0. The molecule has 2 heterocycles. The predicted octanol–water partition coefficient (Wildman–Crippen LogP) is 5.09. The molecule has 0 spiro atoms. The summed E-state index contributed by atoms with van der Waals surface area (Å²) in [4.78, 5) is 30.0. The Hall–Kier alpha value is -3.12. The molecular weight excluding hydrogens is 406 g/mol. The van der Waals surface area contributed by atoms with Crippen molar-refractivity contribution in [3.63, 3.8) is 0 Å². The summed E-state index contributed by atoms with van der Waals surface area (Å²) < 4.78 is 0. The Labute approximate surface area is 187 Å². The molecule has 0 aliphatic carbocycles. The standard InChI is InChI=1S/C25H27N3O2S/c1-18(2)19-8-10-20(11-9-19)23(29)26-24-22(12-17-31-24)25(30)28-15-13-27(14-16-28)21-6-4-3-5-7-21/h3-12,17-18H,13-16H2,1-2H3,(H,26,29).